The molecule has 0 bridgehead atoms. The van der Waals surface area contributed by atoms with Gasteiger partial charge in [-0.15, -0.1) is 11.3 Å². The van der Waals surface area contributed by atoms with Gasteiger partial charge in [-0.1, -0.05) is 20.8 Å². The summed E-state index contributed by atoms with van der Waals surface area (Å²) in [6.45, 7) is 15.2. The number of nitrogens with zero attached hydrogens (tertiary/aromatic N) is 1. The predicted octanol–water partition coefficient (Wildman–Crippen LogP) is 3.63. The molecular weight excluding hydrogens is 322 g/mol. The van der Waals surface area contributed by atoms with E-state index >= 15 is 0 Å². The number of hydrogen-bond donors (Lipinski definition) is 2. The normalized spacial score (nSPS) is 22.4. The molecule has 5 nitrogen and oxygen atoms in total. The molecule has 1 aromatic heterocycles. The Hall–Kier alpha value is -1.14. The Morgan fingerprint density at radius 1 is 1.38 bits per heavy atom. The zero-order valence-electron chi connectivity index (χ0n) is 15.9. The molecule has 1 aliphatic rings. The van der Waals surface area contributed by atoms with Crippen molar-refractivity contribution in [3.05, 3.63) is 16.1 Å². The summed E-state index contributed by atoms with van der Waals surface area (Å²) in [5.41, 5.74) is 0.628. The number of urea groups is 1. The highest BCUT2D eigenvalue weighted by Gasteiger charge is 2.46. The third kappa shape index (κ3) is 4.93. The Kier molecular flexibility index (Phi) is 5.31. The maximum Gasteiger partial charge on any atom is 0.315 e. The van der Waals surface area contributed by atoms with Crippen molar-refractivity contribution in [1.82, 2.24) is 15.6 Å². The molecule has 1 aliphatic heterocycles. The van der Waals surface area contributed by atoms with E-state index in [0.717, 1.165) is 23.5 Å². The molecule has 0 spiro atoms. The molecule has 2 rings (SSSR count). The van der Waals surface area contributed by atoms with Gasteiger partial charge in [-0.2, -0.15) is 0 Å². The number of amides is 2. The van der Waals surface area contributed by atoms with E-state index in [-0.39, 0.29) is 28.7 Å². The SMILES string of the molecule is CC1(C)CC(NC(=O)NCCc2nc(C(C)(C)C)cs2)C(C)(C)O1. The largest absolute Gasteiger partial charge is 0.367 e. The Labute approximate surface area is 149 Å². The Balaban J connectivity index is 1.79. The zero-order valence-corrected chi connectivity index (χ0v) is 16.8. The second-order valence-corrected chi connectivity index (χ2v) is 9.69. The van der Waals surface area contributed by atoms with Crippen molar-refractivity contribution < 1.29 is 9.53 Å². The standard InChI is InChI=1S/C18H31N3O2S/c1-16(2,3)13-11-24-14(20-13)8-9-19-15(22)21-12-10-17(4,5)23-18(12,6)7/h11-12H,8-10H2,1-7H3,(H2,19,21,22). The maximum atomic E-state index is 12.2. The molecule has 2 N–H and O–H groups in total. The average Bonchev–Trinajstić information content (AvgIpc) is 2.91. The molecule has 2 amide bonds. The average molecular weight is 354 g/mol. The first-order chi connectivity index (χ1) is 10.9. The van der Waals surface area contributed by atoms with Gasteiger partial charge in [-0.05, 0) is 34.1 Å². The summed E-state index contributed by atoms with van der Waals surface area (Å²) >= 11 is 1.66. The summed E-state index contributed by atoms with van der Waals surface area (Å²) in [7, 11) is 0. The van der Waals surface area contributed by atoms with Crippen LogP contribution in [0.5, 0.6) is 0 Å². The van der Waals surface area contributed by atoms with Crippen LogP contribution in [0.1, 0.15) is 65.6 Å². The van der Waals surface area contributed by atoms with Gasteiger partial charge >= 0.3 is 6.03 Å². The van der Waals surface area contributed by atoms with Crippen LogP contribution < -0.4 is 10.6 Å². The van der Waals surface area contributed by atoms with Crippen molar-refractivity contribution >= 4 is 17.4 Å². The number of rotatable bonds is 4. The number of carbonyl (C=O) groups excluding carboxylic acids is 1. The molecule has 0 radical (unpaired) electrons. The highest BCUT2D eigenvalue weighted by Crippen LogP contribution is 2.37. The van der Waals surface area contributed by atoms with Crippen molar-refractivity contribution in [2.45, 2.75) is 84.0 Å². The fraction of sp³-hybridized carbons (Fsp3) is 0.778. The molecule has 136 valence electrons. The first-order valence-corrected chi connectivity index (χ1v) is 9.46. The number of nitrogens with one attached hydrogen (secondary N) is 2. The first kappa shape index (κ1) is 19.2. The van der Waals surface area contributed by atoms with Crippen molar-refractivity contribution in [2.24, 2.45) is 0 Å². The van der Waals surface area contributed by atoms with E-state index in [1.54, 1.807) is 11.3 Å². The molecule has 0 saturated carbocycles. The molecule has 24 heavy (non-hydrogen) atoms. The van der Waals surface area contributed by atoms with Crippen molar-refractivity contribution in [1.29, 1.82) is 0 Å². The Morgan fingerprint density at radius 2 is 2.04 bits per heavy atom. The van der Waals surface area contributed by atoms with Crippen LogP contribution in [0.2, 0.25) is 0 Å². The third-order valence-corrected chi connectivity index (χ3v) is 5.23. The van der Waals surface area contributed by atoms with Crippen LogP contribution in [0.25, 0.3) is 0 Å². The lowest BCUT2D eigenvalue weighted by molar-refractivity contribution is -0.0690. The molecule has 1 fully saturated rings. The molecule has 1 unspecified atom stereocenters. The molecule has 2 heterocycles. The molecular formula is C18H31N3O2S. The smallest absolute Gasteiger partial charge is 0.315 e. The second kappa shape index (κ2) is 6.64. The predicted molar refractivity (Wildman–Crippen MR) is 98.7 cm³/mol. The highest BCUT2D eigenvalue weighted by atomic mass is 32.1. The highest BCUT2D eigenvalue weighted by molar-refractivity contribution is 7.09. The van der Waals surface area contributed by atoms with Gasteiger partial charge in [0.25, 0.3) is 0 Å². The summed E-state index contributed by atoms with van der Waals surface area (Å²) in [4.78, 5) is 16.8. The second-order valence-electron chi connectivity index (χ2n) is 8.75. The fourth-order valence-electron chi connectivity index (χ4n) is 3.05. The van der Waals surface area contributed by atoms with E-state index in [2.05, 4.69) is 55.6 Å². The van der Waals surface area contributed by atoms with Crippen LogP contribution in [0.4, 0.5) is 4.79 Å². The van der Waals surface area contributed by atoms with Gasteiger partial charge in [0.1, 0.15) is 0 Å². The van der Waals surface area contributed by atoms with Crippen LogP contribution in [-0.4, -0.2) is 34.8 Å². The molecule has 6 heteroatoms. The van der Waals surface area contributed by atoms with Gasteiger partial charge in [0.2, 0.25) is 0 Å². The van der Waals surface area contributed by atoms with E-state index in [4.69, 9.17) is 4.74 Å². The lowest BCUT2D eigenvalue weighted by Gasteiger charge is -2.27. The lowest BCUT2D eigenvalue weighted by Crippen LogP contribution is -2.50. The van der Waals surface area contributed by atoms with E-state index in [1.165, 1.54) is 0 Å². The first-order valence-electron chi connectivity index (χ1n) is 8.58. The Bertz CT molecular complexity index is 587. The van der Waals surface area contributed by atoms with Gasteiger partial charge in [0.15, 0.2) is 0 Å². The van der Waals surface area contributed by atoms with Crippen LogP contribution in [0, 0.1) is 0 Å². The summed E-state index contributed by atoms with van der Waals surface area (Å²) in [5, 5.41) is 9.15. The van der Waals surface area contributed by atoms with Crippen LogP contribution in [0.3, 0.4) is 0 Å². The zero-order chi connectivity index (χ0) is 18.2. The minimum Gasteiger partial charge on any atom is -0.367 e. The van der Waals surface area contributed by atoms with Gasteiger partial charge in [0.05, 0.1) is 27.9 Å². The van der Waals surface area contributed by atoms with Crippen LogP contribution in [0.15, 0.2) is 5.38 Å². The quantitative estimate of drug-likeness (QED) is 0.869. The van der Waals surface area contributed by atoms with Gasteiger partial charge in [-0.25, -0.2) is 9.78 Å². The maximum absolute atomic E-state index is 12.2. The molecule has 0 aliphatic carbocycles. The minimum absolute atomic E-state index is 0.0138. The molecule has 1 aromatic rings. The van der Waals surface area contributed by atoms with Gasteiger partial charge < -0.3 is 15.4 Å². The Morgan fingerprint density at radius 3 is 2.54 bits per heavy atom. The summed E-state index contributed by atoms with van der Waals surface area (Å²) in [5.74, 6) is 0. The molecule has 1 atom stereocenters. The topological polar surface area (TPSA) is 63.2 Å². The minimum atomic E-state index is -0.349. The van der Waals surface area contributed by atoms with E-state index < -0.39 is 0 Å². The van der Waals surface area contributed by atoms with Crippen molar-refractivity contribution in [3.8, 4) is 0 Å². The van der Waals surface area contributed by atoms with Gasteiger partial charge in [-0.3, -0.25) is 0 Å². The number of carbonyl (C=O) groups is 1. The number of ether oxygens (including phenoxy) is 1. The summed E-state index contributed by atoms with van der Waals surface area (Å²) in [6.07, 6.45) is 1.57. The van der Waals surface area contributed by atoms with Gasteiger partial charge in [0, 0.05) is 23.8 Å². The molecule has 1 saturated heterocycles. The van der Waals surface area contributed by atoms with Crippen molar-refractivity contribution in [3.63, 3.8) is 0 Å². The van der Waals surface area contributed by atoms with Crippen LogP contribution in [-0.2, 0) is 16.6 Å². The van der Waals surface area contributed by atoms with E-state index in [0.29, 0.717) is 6.54 Å². The number of thiazole rings is 1. The number of hydrogen-bond acceptors (Lipinski definition) is 4. The monoisotopic (exact) mass is 353 g/mol. The van der Waals surface area contributed by atoms with Crippen LogP contribution >= 0.6 is 11.3 Å². The fourth-order valence-corrected chi connectivity index (χ4v) is 4.07. The van der Waals surface area contributed by atoms with E-state index in [9.17, 15) is 4.79 Å². The summed E-state index contributed by atoms with van der Waals surface area (Å²) in [6, 6.07) is -0.123. The summed E-state index contributed by atoms with van der Waals surface area (Å²) < 4.78 is 6.01. The molecule has 0 aromatic carbocycles. The number of aromatic nitrogens is 1. The van der Waals surface area contributed by atoms with E-state index in [1.807, 2.05) is 13.8 Å². The third-order valence-electron chi connectivity index (χ3n) is 4.32. The lowest BCUT2D eigenvalue weighted by atomic mass is 9.93. The van der Waals surface area contributed by atoms with Crippen molar-refractivity contribution in [2.75, 3.05) is 6.54 Å².